The third-order valence-corrected chi connectivity index (χ3v) is 10.8. The van der Waals surface area contributed by atoms with Crippen LogP contribution in [0.5, 0.6) is 0 Å². The van der Waals surface area contributed by atoms with E-state index in [9.17, 15) is 23.6 Å². The number of aromatic nitrogens is 8. The fourth-order valence-corrected chi connectivity index (χ4v) is 7.40. The van der Waals surface area contributed by atoms with Crippen molar-refractivity contribution >= 4 is 49.4 Å². The Morgan fingerprint density at radius 2 is 0.983 bits per heavy atom. The average Bonchev–Trinajstić information content (AvgIpc) is 3.84. The molecule has 0 bridgehead atoms. The molecule has 0 radical (unpaired) electrons. The van der Waals surface area contributed by atoms with E-state index < -0.39 is 32.7 Å². The smallest absolute Gasteiger partial charge is 0.356 e. The van der Waals surface area contributed by atoms with Gasteiger partial charge in [-0.25, -0.2) is 9.97 Å². The maximum Gasteiger partial charge on any atom is 0.356 e. The number of hydrogen-bond donors (Lipinski definition) is 5. The standard InChI is InChI=1S/C22H24N5O5P.C15H18N5O5P.CH4/c23-22-25-20-19(21(28)26-22)24-15-27(20)11-12-30-16-33(29,31-13-17-7-3-1-4-8-17)32-14-18-9-5-2-6-10-18;16-15-18-13-12(14(21)19-15)17-9-20(13)6-7-24-10-26(22,23)25-8-11-4-2-1-3-5-11;/h1-10,15H,11-14,16H2,(H3,23,25,26,28);1-5,9H,6-8,10H2,(H,22,23)(H3,16,18,19,21);1H4. The zero-order valence-corrected chi connectivity index (χ0v) is 33.3. The van der Waals surface area contributed by atoms with Gasteiger partial charge in [0.05, 0.1) is 45.7 Å². The van der Waals surface area contributed by atoms with Crippen LogP contribution in [-0.4, -0.2) is 69.8 Å². The summed E-state index contributed by atoms with van der Waals surface area (Å²) in [4.78, 5) is 54.3. The molecule has 4 aromatic heterocycles. The maximum atomic E-state index is 13.4. The van der Waals surface area contributed by atoms with Crippen LogP contribution in [0.3, 0.4) is 0 Å². The van der Waals surface area contributed by atoms with E-state index in [1.54, 1.807) is 21.3 Å². The highest BCUT2D eigenvalue weighted by atomic mass is 31.2. The number of ether oxygens (including phenoxy) is 2. The first-order valence-corrected chi connectivity index (χ1v) is 21.5. The summed E-state index contributed by atoms with van der Waals surface area (Å²) in [6, 6.07) is 27.9. The van der Waals surface area contributed by atoms with E-state index in [1.165, 1.54) is 12.7 Å². The van der Waals surface area contributed by atoms with Crippen LogP contribution in [0, 0.1) is 0 Å². The number of imidazole rings is 2. The predicted octanol–water partition coefficient (Wildman–Crippen LogP) is 5.02. The average molecular weight is 865 g/mol. The summed E-state index contributed by atoms with van der Waals surface area (Å²) in [5.74, 6) is -0.0115. The Bertz CT molecular complexity index is 2590. The molecule has 0 fully saturated rings. The van der Waals surface area contributed by atoms with Crippen LogP contribution in [0.25, 0.3) is 22.3 Å². The zero-order chi connectivity index (χ0) is 41.7. The molecule has 60 heavy (non-hydrogen) atoms. The van der Waals surface area contributed by atoms with Gasteiger partial charge in [0.1, 0.15) is 12.7 Å². The summed E-state index contributed by atoms with van der Waals surface area (Å²) in [5.41, 5.74) is 13.9. The quantitative estimate of drug-likeness (QED) is 0.0527. The molecule has 0 spiro atoms. The van der Waals surface area contributed by atoms with Gasteiger partial charge in [-0.2, -0.15) is 9.97 Å². The number of hydrogen-bond acceptors (Lipinski definition) is 15. The lowest BCUT2D eigenvalue weighted by atomic mass is 10.2. The Labute approximate surface area is 343 Å². The highest BCUT2D eigenvalue weighted by molar-refractivity contribution is 7.53. The van der Waals surface area contributed by atoms with Crippen molar-refractivity contribution < 1.29 is 37.1 Å². The number of H-pyrrole nitrogens is 2. The number of nitrogens with zero attached hydrogens (tertiary/aromatic N) is 6. The van der Waals surface area contributed by atoms with Crippen molar-refractivity contribution in [1.82, 2.24) is 39.0 Å². The van der Waals surface area contributed by atoms with Crippen LogP contribution in [0.2, 0.25) is 0 Å². The van der Waals surface area contributed by atoms with E-state index in [4.69, 9.17) is 34.5 Å². The lowest BCUT2D eigenvalue weighted by Crippen LogP contribution is -2.13. The first kappa shape index (κ1) is 45.3. The topological polar surface area (TPSA) is 280 Å². The molecule has 7 N–H and O–H groups in total. The van der Waals surface area contributed by atoms with Gasteiger partial charge in [0.25, 0.3) is 11.1 Å². The Hall–Kier alpha value is -5.82. The minimum absolute atomic E-state index is 0. The molecule has 0 aliphatic carbocycles. The van der Waals surface area contributed by atoms with Crippen LogP contribution in [0.1, 0.15) is 24.1 Å². The van der Waals surface area contributed by atoms with Gasteiger partial charge in [0.2, 0.25) is 11.9 Å². The lowest BCUT2D eigenvalue weighted by Gasteiger charge is -2.19. The van der Waals surface area contributed by atoms with E-state index in [-0.39, 0.29) is 76.3 Å². The normalized spacial score (nSPS) is 12.4. The van der Waals surface area contributed by atoms with Crippen molar-refractivity contribution in [2.24, 2.45) is 0 Å². The number of fused-ring (bicyclic) bond motifs is 2. The zero-order valence-electron chi connectivity index (χ0n) is 31.5. The third kappa shape index (κ3) is 13.1. The van der Waals surface area contributed by atoms with E-state index in [0.29, 0.717) is 17.8 Å². The molecule has 0 aliphatic heterocycles. The van der Waals surface area contributed by atoms with Crippen LogP contribution >= 0.6 is 15.2 Å². The van der Waals surface area contributed by atoms with Crippen LogP contribution in [0.15, 0.2) is 113 Å². The summed E-state index contributed by atoms with van der Waals surface area (Å²) < 4.78 is 55.9. The number of anilines is 2. The molecule has 22 heteroatoms. The van der Waals surface area contributed by atoms with Crippen molar-refractivity contribution in [3.63, 3.8) is 0 Å². The van der Waals surface area contributed by atoms with Gasteiger partial charge in [0, 0.05) is 13.1 Å². The summed E-state index contributed by atoms with van der Waals surface area (Å²) in [5, 5.41) is 0. The first-order chi connectivity index (χ1) is 28.5. The van der Waals surface area contributed by atoms with Crippen molar-refractivity contribution in [2.45, 2.75) is 40.3 Å². The number of nitrogens with one attached hydrogen (secondary N) is 2. The van der Waals surface area contributed by atoms with Gasteiger partial charge < -0.3 is 48.5 Å². The van der Waals surface area contributed by atoms with Crippen LogP contribution in [-0.2, 0) is 65.1 Å². The molecule has 1 unspecified atom stereocenters. The van der Waals surface area contributed by atoms with Crippen molar-refractivity contribution in [3.05, 3.63) is 141 Å². The lowest BCUT2D eigenvalue weighted by molar-refractivity contribution is 0.117. The van der Waals surface area contributed by atoms with E-state index in [2.05, 4.69) is 29.9 Å². The molecule has 7 rings (SSSR count). The fourth-order valence-electron chi connectivity index (χ4n) is 5.34. The molecule has 318 valence electrons. The predicted molar refractivity (Wildman–Crippen MR) is 225 cm³/mol. The number of aromatic amines is 2. The Morgan fingerprint density at radius 3 is 1.40 bits per heavy atom. The molecule has 0 saturated heterocycles. The molecule has 20 nitrogen and oxygen atoms in total. The van der Waals surface area contributed by atoms with Gasteiger partial charge in [0.15, 0.2) is 22.3 Å². The van der Waals surface area contributed by atoms with Crippen LogP contribution in [0.4, 0.5) is 11.9 Å². The highest BCUT2D eigenvalue weighted by Crippen LogP contribution is 2.49. The number of nitrogen functional groups attached to an aromatic ring is 2. The van der Waals surface area contributed by atoms with Gasteiger partial charge in [-0.3, -0.25) is 28.7 Å². The molecule has 0 aliphatic rings. The van der Waals surface area contributed by atoms with Gasteiger partial charge in [-0.05, 0) is 16.7 Å². The summed E-state index contributed by atoms with van der Waals surface area (Å²) >= 11 is 0. The Morgan fingerprint density at radius 1 is 0.600 bits per heavy atom. The second kappa shape index (κ2) is 21.4. The number of benzene rings is 3. The Kier molecular flexibility index (Phi) is 16.2. The molecular formula is C38H46N10O10P2. The second-order valence-corrected chi connectivity index (χ2v) is 16.5. The molecular weight excluding hydrogens is 818 g/mol. The largest absolute Gasteiger partial charge is 0.369 e. The van der Waals surface area contributed by atoms with E-state index >= 15 is 0 Å². The van der Waals surface area contributed by atoms with Crippen molar-refractivity contribution in [3.8, 4) is 0 Å². The van der Waals surface area contributed by atoms with Gasteiger partial charge >= 0.3 is 15.2 Å². The van der Waals surface area contributed by atoms with Gasteiger partial charge in [-0.1, -0.05) is 98.4 Å². The van der Waals surface area contributed by atoms with Gasteiger partial charge in [-0.15, -0.1) is 0 Å². The molecule has 0 saturated carbocycles. The second-order valence-electron chi connectivity index (χ2n) is 12.7. The monoisotopic (exact) mass is 864 g/mol. The number of nitrogens with two attached hydrogens (primary N) is 2. The first-order valence-electron chi connectivity index (χ1n) is 18.0. The minimum Gasteiger partial charge on any atom is -0.369 e. The van der Waals surface area contributed by atoms with Crippen LogP contribution < -0.4 is 22.6 Å². The summed E-state index contributed by atoms with van der Waals surface area (Å²) in [7, 11) is -7.42. The fraction of sp³-hybridized carbons (Fsp3) is 0.263. The van der Waals surface area contributed by atoms with E-state index in [1.807, 2.05) is 78.9 Å². The highest BCUT2D eigenvalue weighted by Gasteiger charge is 2.26. The number of rotatable bonds is 19. The summed E-state index contributed by atoms with van der Waals surface area (Å²) in [6.07, 6.45) is 2.24. The molecule has 0 amide bonds. The Balaban J connectivity index is 0.000000230. The summed E-state index contributed by atoms with van der Waals surface area (Å²) in [6.45, 7) is 1.18. The molecule has 7 aromatic rings. The SMILES string of the molecule is C.Nc1nc2c(ncn2CCOCP(=O)(O)OCc2ccccc2)c(=O)[nH]1.Nc1nc2c(ncn2CCOCP(=O)(OCc2ccccc2)OCc2ccccc2)c(=O)[nH]1. The van der Waals surface area contributed by atoms with Crippen molar-refractivity contribution in [2.75, 3.05) is 37.4 Å². The molecule has 3 aromatic carbocycles. The minimum atomic E-state index is -3.87. The molecule has 4 heterocycles. The third-order valence-electron chi connectivity index (χ3n) is 8.26. The maximum absolute atomic E-state index is 13.4. The van der Waals surface area contributed by atoms with E-state index in [0.717, 1.165) is 16.7 Å². The van der Waals surface area contributed by atoms with Crippen molar-refractivity contribution in [1.29, 1.82) is 0 Å². The molecule has 1 atom stereocenters.